The van der Waals surface area contributed by atoms with Crippen LogP contribution in [0.3, 0.4) is 0 Å². The summed E-state index contributed by atoms with van der Waals surface area (Å²) < 4.78 is 20.0. The summed E-state index contributed by atoms with van der Waals surface area (Å²) in [5, 5.41) is 9.32. The van der Waals surface area contributed by atoms with Crippen LogP contribution in [0.15, 0.2) is 71.1 Å². The van der Waals surface area contributed by atoms with E-state index in [0.29, 0.717) is 61.0 Å². The van der Waals surface area contributed by atoms with E-state index in [-0.39, 0.29) is 37.0 Å². The number of carbonyl (C=O) groups excluding carboxylic acids is 2. The van der Waals surface area contributed by atoms with Gasteiger partial charge in [0.1, 0.15) is 18.2 Å². The van der Waals surface area contributed by atoms with Crippen molar-refractivity contribution in [3.8, 4) is 5.75 Å². The lowest BCUT2D eigenvalue weighted by Gasteiger charge is -2.44. The predicted octanol–water partition coefficient (Wildman–Crippen LogP) is 5.29. The maximum Gasteiger partial charge on any atom is 0.305 e. The molecular weight excluding hydrogens is 461 g/mol. The Bertz CT molecular complexity index is 1250. The molecule has 0 radical (unpaired) electrons. The molecule has 1 N–H and O–H groups in total. The van der Waals surface area contributed by atoms with E-state index >= 15 is 0 Å². The minimum absolute atomic E-state index is 0.00387. The van der Waals surface area contributed by atoms with Crippen LogP contribution in [0.5, 0.6) is 5.75 Å². The summed E-state index contributed by atoms with van der Waals surface area (Å²) in [5.74, 6) is -1.22. The number of ether oxygens (including phenoxy) is 1. The van der Waals surface area contributed by atoms with Gasteiger partial charge in [-0.1, -0.05) is 30.3 Å². The number of benzene rings is 2. The van der Waals surface area contributed by atoms with Crippen LogP contribution >= 0.6 is 0 Å². The Morgan fingerprint density at radius 1 is 0.944 bits per heavy atom. The number of halogens is 1. The molecule has 0 spiro atoms. The van der Waals surface area contributed by atoms with Gasteiger partial charge in [0.05, 0.1) is 6.42 Å². The lowest BCUT2D eigenvalue weighted by molar-refractivity contribution is -0.137. The monoisotopic (exact) mass is 489 g/mol. The highest BCUT2D eigenvalue weighted by molar-refractivity contribution is 6.06. The molecule has 1 heterocycles. The quantitative estimate of drug-likeness (QED) is 0.569. The van der Waals surface area contributed by atoms with Crippen LogP contribution in [0.25, 0.3) is 0 Å². The third-order valence-corrected chi connectivity index (χ3v) is 7.18. The van der Waals surface area contributed by atoms with Gasteiger partial charge >= 0.3 is 5.97 Å². The third-order valence-electron chi connectivity index (χ3n) is 7.18. The highest BCUT2D eigenvalue weighted by atomic mass is 19.1. The van der Waals surface area contributed by atoms with Gasteiger partial charge in [-0.2, -0.15) is 0 Å². The van der Waals surface area contributed by atoms with Crippen molar-refractivity contribution >= 4 is 17.5 Å². The van der Waals surface area contributed by atoms with Crippen LogP contribution < -0.4 is 4.74 Å². The second-order valence-electron chi connectivity index (χ2n) is 9.46. The number of nitrogens with zero attached hydrogens (tertiary/aromatic N) is 1. The first-order valence-electron chi connectivity index (χ1n) is 12.4. The van der Waals surface area contributed by atoms with Crippen molar-refractivity contribution in [2.45, 2.75) is 57.5 Å². The van der Waals surface area contributed by atoms with Crippen molar-refractivity contribution in [1.82, 2.24) is 4.90 Å². The Morgan fingerprint density at radius 3 is 2.25 bits per heavy atom. The number of hydrogen-bond acceptors (Lipinski definition) is 5. The highest BCUT2D eigenvalue weighted by Crippen LogP contribution is 2.49. The Hall–Kier alpha value is -3.74. The first kappa shape index (κ1) is 24.0. The fourth-order valence-electron chi connectivity index (χ4n) is 5.59. The molecule has 6 nitrogen and oxygen atoms in total. The van der Waals surface area contributed by atoms with Gasteiger partial charge in [0.15, 0.2) is 11.6 Å². The SMILES string of the molecule is O=C(O)CCN1C2=C(C(=O)CCC2)C(c2cccc(OCc3ccccc3F)c2)C2=C1CCCC2=O. The summed E-state index contributed by atoms with van der Waals surface area (Å²) in [6.07, 6.45) is 3.49. The summed E-state index contributed by atoms with van der Waals surface area (Å²) in [4.78, 5) is 39.9. The summed E-state index contributed by atoms with van der Waals surface area (Å²) in [5.41, 5.74) is 4.13. The molecule has 186 valence electrons. The first-order valence-corrected chi connectivity index (χ1v) is 12.4. The predicted molar refractivity (Wildman–Crippen MR) is 131 cm³/mol. The zero-order chi connectivity index (χ0) is 25.2. The molecular formula is C29H28FNO5. The molecule has 0 aromatic heterocycles. The fraction of sp³-hybridized carbons (Fsp3) is 0.345. The van der Waals surface area contributed by atoms with Crippen LogP contribution in [-0.4, -0.2) is 34.1 Å². The molecule has 3 aliphatic rings. The maximum atomic E-state index is 14.1. The highest BCUT2D eigenvalue weighted by Gasteiger charge is 2.43. The molecule has 7 heteroatoms. The molecule has 0 saturated carbocycles. The largest absolute Gasteiger partial charge is 0.489 e. The van der Waals surface area contributed by atoms with Gasteiger partial charge in [0.2, 0.25) is 0 Å². The van der Waals surface area contributed by atoms with E-state index < -0.39 is 11.9 Å². The van der Waals surface area contributed by atoms with Crippen LogP contribution in [0.4, 0.5) is 4.39 Å². The summed E-state index contributed by atoms with van der Waals surface area (Å²) in [6, 6.07) is 13.8. The molecule has 0 fully saturated rings. The molecule has 5 rings (SSSR count). The molecule has 0 bridgehead atoms. The molecule has 1 aliphatic heterocycles. The van der Waals surface area contributed by atoms with Crippen LogP contribution in [0.2, 0.25) is 0 Å². The second kappa shape index (κ2) is 10.1. The number of allylic oxidation sites excluding steroid dienone is 4. The van der Waals surface area contributed by atoms with Crippen LogP contribution in [-0.2, 0) is 21.0 Å². The van der Waals surface area contributed by atoms with E-state index in [1.54, 1.807) is 24.3 Å². The molecule has 36 heavy (non-hydrogen) atoms. The lowest BCUT2D eigenvalue weighted by Crippen LogP contribution is -2.39. The Morgan fingerprint density at radius 2 is 1.61 bits per heavy atom. The third kappa shape index (κ3) is 4.57. The van der Waals surface area contributed by atoms with Crippen molar-refractivity contribution in [3.05, 3.63) is 88.0 Å². The molecule has 2 aliphatic carbocycles. The second-order valence-corrected chi connectivity index (χ2v) is 9.46. The van der Waals surface area contributed by atoms with Gasteiger partial charge in [0.25, 0.3) is 0 Å². The molecule has 0 amide bonds. The zero-order valence-corrected chi connectivity index (χ0v) is 20.0. The summed E-state index contributed by atoms with van der Waals surface area (Å²) >= 11 is 0. The van der Waals surface area contributed by atoms with E-state index in [1.807, 2.05) is 23.1 Å². The lowest BCUT2D eigenvalue weighted by atomic mass is 9.71. The molecule has 0 atom stereocenters. The van der Waals surface area contributed by atoms with Gasteiger partial charge in [-0.3, -0.25) is 14.4 Å². The van der Waals surface area contributed by atoms with E-state index in [0.717, 1.165) is 17.0 Å². The number of carbonyl (C=O) groups is 3. The number of carboxylic acid groups (broad SMARTS) is 1. The molecule has 0 unspecified atom stereocenters. The summed E-state index contributed by atoms with van der Waals surface area (Å²) in [7, 11) is 0. The molecule has 0 saturated heterocycles. The van der Waals surface area contributed by atoms with Gasteiger partial charge < -0.3 is 14.7 Å². The fourth-order valence-corrected chi connectivity index (χ4v) is 5.59. The standard InChI is InChI=1S/C29H28FNO5/c30-21-9-2-1-6-19(21)17-36-20-8-3-7-18(16-20)27-28-22(10-4-12-24(28)32)31(15-14-26(34)35)23-11-5-13-25(33)29(23)27/h1-3,6-9,16,27H,4-5,10-15,17H2,(H,34,35). The average Bonchev–Trinajstić information content (AvgIpc) is 2.87. The molecule has 2 aromatic rings. The maximum absolute atomic E-state index is 14.1. The summed E-state index contributed by atoms with van der Waals surface area (Å²) in [6.45, 7) is 0.301. The number of hydrogen-bond donors (Lipinski definition) is 1. The van der Waals surface area contributed by atoms with Crippen molar-refractivity contribution < 1.29 is 28.6 Å². The number of aliphatic carboxylic acids is 1. The Labute approximate surface area is 209 Å². The molecule has 2 aromatic carbocycles. The number of Topliss-reactive ketones (excluding diaryl/α,β-unsaturated/α-hetero) is 2. The topological polar surface area (TPSA) is 83.9 Å². The number of carboxylic acids is 1. The Kier molecular flexibility index (Phi) is 6.72. The van der Waals surface area contributed by atoms with Crippen LogP contribution in [0.1, 0.15) is 62.0 Å². The van der Waals surface area contributed by atoms with Gasteiger partial charge in [-0.05, 0) is 49.4 Å². The Balaban J connectivity index is 1.55. The van der Waals surface area contributed by atoms with Crippen molar-refractivity contribution in [3.63, 3.8) is 0 Å². The number of ketones is 2. The van der Waals surface area contributed by atoms with E-state index in [4.69, 9.17) is 4.74 Å². The first-order chi connectivity index (χ1) is 17.4. The minimum Gasteiger partial charge on any atom is -0.489 e. The van der Waals surface area contributed by atoms with Gasteiger partial charge in [-0.25, -0.2) is 4.39 Å². The van der Waals surface area contributed by atoms with Crippen molar-refractivity contribution in [1.29, 1.82) is 0 Å². The van der Waals surface area contributed by atoms with Crippen molar-refractivity contribution in [2.75, 3.05) is 6.54 Å². The van der Waals surface area contributed by atoms with E-state index in [9.17, 15) is 23.9 Å². The van der Waals surface area contributed by atoms with Gasteiger partial charge in [0, 0.05) is 53.4 Å². The van der Waals surface area contributed by atoms with Gasteiger partial charge in [-0.15, -0.1) is 0 Å². The smallest absolute Gasteiger partial charge is 0.305 e. The van der Waals surface area contributed by atoms with E-state index in [2.05, 4.69) is 0 Å². The average molecular weight is 490 g/mol. The van der Waals surface area contributed by atoms with Crippen molar-refractivity contribution in [2.24, 2.45) is 0 Å². The minimum atomic E-state index is -0.912. The normalized spacial score (nSPS) is 18.3. The number of rotatable bonds is 7. The van der Waals surface area contributed by atoms with Crippen LogP contribution in [0, 0.1) is 5.82 Å². The zero-order valence-electron chi connectivity index (χ0n) is 20.0. The van der Waals surface area contributed by atoms with E-state index in [1.165, 1.54) is 6.07 Å².